The molecule has 5 heteroatoms. The number of benzene rings is 2. The summed E-state index contributed by atoms with van der Waals surface area (Å²) in [7, 11) is 0. The first kappa shape index (κ1) is 16.6. The van der Waals surface area contributed by atoms with E-state index in [2.05, 4.69) is 46.3 Å². The second kappa shape index (κ2) is 6.83. The lowest BCUT2D eigenvalue weighted by Gasteiger charge is -2.38. The molecular formula is C21H23N3O2. The average molecular weight is 349 g/mol. The van der Waals surface area contributed by atoms with Crippen molar-refractivity contribution in [3.05, 3.63) is 59.2 Å². The quantitative estimate of drug-likeness (QED) is 0.863. The molecule has 0 aliphatic carbocycles. The van der Waals surface area contributed by atoms with E-state index in [0.29, 0.717) is 11.1 Å². The van der Waals surface area contributed by atoms with Gasteiger partial charge in [-0.1, -0.05) is 37.6 Å². The number of nitrogens with one attached hydrogen (secondary N) is 1. The molecule has 1 N–H and O–H groups in total. The van der Waals surface area contributed by atoms with Gasteiger partial charge in [0.05, 0.1) is 16.8 Å². The molecule has 0 atom stereocenters. The Bertz CT molecular complexity index is 840. The minimum atomic E-state index is -0.280. The fourth-order valence-electron chi connectivity index (χ4n) is 3.95. The molecule has 4 rings (SSSR count). The number of carbonyl (C=O) groups is 2. The predicted molar refractivity (Wildman–Crippen MR) is 103 cm³/mol. The highest BCUT2D eigenvalue weighted by molar-refractivity contribution is 6.24. The molecule has 2 aliphatic rings. The molecule has 5 nitrogen and oxygen atoms in total. The Morgan fingerprint density at radius 2 is 1.58 bits per heavy atom. The van der Waals surface area contributed by atoms with Gasteiger partial charge in [-0.05, 0) is 30.2 Å². The van der Waals surface area contributed by atoms with Crippen LogP contribution in [-0.2, 0) is 6.42 Å². The normalized spacial score (nSPS) is 16.7. The van der Waals surface area contributed by atoms with E-state index in [9.17, 15) is 9.59 Å². The van der Waals surface area contributed by atoms with Gasteiger partial charge in [0.15, 0.2) is 0 Å². The lowest BCUT2D eigenvalue weighted by molar-refractivity contribution is 0.0880. The first-order chi connectivity index (χ1) is 12.7. The summed E-state index contributed by atoms with van der Waals surface area (Å²) in [5.41, 5.74) is 4.42. The van der Waals surface area contributed by atoms with Crippen molar-refractivity contribution < 1.29 is 9.59 Å². The zero-order valence-corrected chi connectivity index (χ0v) is 15.0. The van der Waals surface area contributed by atoms with Gasteiger partial charge in [-0.25, -0.2) is 0 Å². The Kier molecular flexibility index (Phi) is 4.37. The summed E-state index contributed by atoms with van der Waals surface area (Å²) < 4.78 is 0. The first-order valence-electron chi connectivity index (χ1n) is 9.25. The molecule has 2 amide bonds. The van der Waals surface area contributed by atoms with Crippen molar-refractivity contribution in [2.45, 2.75) is 19.8 Å². The van der Waals surface area contributed by atoms with Crippen LogP contribution in [0.1, 0.15) is 39.6 Å². The summed E-state index contributed by atoms with van der Waals surface area (Å²) in [4.78, 5) is 29.1. The van der Waals surface area contributed by atoms with Crippen LogP contribution in [0, 0.1) is 0 Å². The van der Waals surface area contributed by atoms with E-state index in [1.807, 2.05) is 12.1 Å². The van der Waals surface area contributed by atoms with E-state index >= 15 is 0 Å². The minimum absolute atomic E-state index is 0.261. The van der Waals surface area contributed by atoms with Crippen LogP contribution in [0.4, 0.5) is 11.4 Å². The summed E-state index contributed by atoms with van der Waals surface area (Å²) in [5, 5.41) is 2.45. The van der Waals surface area contributed by atoms with Crippen molar-refractivity contribution in [3.8, 4) is 0 Å². The fourth-order valence-corrected chi connectivity index (χ4v) is 3.95. The van der Waals surface area contributed by atoms with E-state index in [1.54, 1.807) is 6.07 Å². The zero-order chi connectivity index (χ0) is 18.1. The molecule has 0 unspecified atom stereocenters. The second-order valence-electron chi connectivity index (χ2n) is 6.84. The molecule has 0 radical (unpaired) electrons. The molecule has 0 spiro atoms. The highest BCUT2D eigenvalue weighted by Gasteiger charge is 2.33. The summed E-state index contributed by atoms with van der Waals surface area (Å²) in [5.74, 6) is -0.541. The van der Waals surface area contributed by atoms with Crippen molar-refractivity contribution in [3.63, 3.8) is 0 Å². The molecule has 1 saturated heterocycles. The number of carbonyl (C=O) groups excluding carboxylic acids is 2. The van der Waals surface area contributed by atoms with Gasteiger partial charge in [-0.15, -0.1) is 0 Å². The Hall–Kier alpha value is -2.82. The van der Waals surface area contributed by atoms with Crippen LogP contribution in [-0.4, -0.2) is 38.0 Å². The SMILES string of the molecule is CCCc1ccc2c(c1N1CCN(c3ccccc3)CC1)C(=O)NC2=O. The zero-order valence-electron chi connectivity index (χ0n) is 15.0. The van der Waals surface area contributed by atoms with Crippen LogP contribution < -0.4 is 15.1 Å². The highest BCUT2D eigenvalue weighted by atomic mass is 16.2. The Labute approximate surface area is 153 Å². The number of para-hydroxylation sites is 1. The van der Waals surface area contributed by atoms with Gasteiger partial charge in [0, 0.05) is 31.9 Å². The number of anilines is 2. The summed E-state index contributed by atoms with van der Waals surface area (Å²) >= 11 is 0. The molecule has 0 saturated carbocycles. The number of imide groups is 1. The number of nitrogens with zero attached hydrogens (tertiary/aromatic N) is 2. The van der Waals surface area contributed by atoms with Crippen molar-refractivity contribution >= 4 is 23.2 Å². The number of rotatable bonds is 4. The molecule has 2 heterocycles. The monoisotopic (exact) mass is 349 g/mol. The van der Waals surface area contributed by atoms with E-state index in [0.717, 1.165) is 50.3 Å². The summed E-state index contributed by atoms with van der Waals surface area (Å²) in [6.45, 7) is 5.60. The molecule has 0 bridgehead atoms. The average Bonchev–Trinajstić information content (AvgIpc) is 2.97. The number of hydrogen-bond donors (Lipinski definition) is 1. The van der Waals surface area contributed by atoms with Crippen molar-refractivity contribution in [2.75, 3.05) is 36.0 Å². The topological polar surface area (TPSA) is 52.6 Å². The van der Waals surface area contributed by atoms with E-state index in [1.165, 1.54) is 5.69 Å². The molecule has 1 fully saturated rings. The van der Waals surface area contributed by atoms with Gasteiger partial charge in [-0.2, -0.15) is 0 Å². The molecular weight excluding hydrogens is 326 g/mol. The Morgan fingerprint density at radius 3 is 2.27 bits per heavy atom. The third-order valence-electron chi connectivity index (χ3n) is 5.20. The molecule has 2 aromatic rings. The van der Waals surface area contributed by atoms with E-state index < -0.39 is 0 Å². The minimum Gasteiger partial charge on any atom is -0.368 e. The maximum absolute atomic E-state index is 12.4. The van der Waals surface area contributed by atoms with Gasteiger partial charge in [0.1, 0.15) is 0 Å². The maximum atomic E-state index is 12.4. The van der Waals surface area contributed by atoms with Crippen LogP contribution in [0.3, 0.4) is 0 Å². The van der Waals surface area contributed by atoms with Crippen molar-refractivity contribution in [1.29, 1.82) is 0 Å². The number of fused-ring (bicyclic) bond motifs is 1. The van der Waals surface area contributed by atoms with Crippen molar-refractivity contribution in [1.82, 2.24) is 5.32 Å². The lowest BCUT2D eigenvalue weighted by Crippen LogP contribution is -2.47. The summed E-state index contributed by atoms with van der Waals surface area (Å²) in [6.07, 6.45) is 1.91. The third kappa shape index (κ3) is 2.83. The third-order valence-corrected chi connectivity index (χ3v) is 5.20. The standard InChI is InChI=1S/C21H23N3O2/c1-2-6-15-9-10-17-18(21(26)22-20(17)25)19(15)24-13-11-23(12-14-24)16-7-4-3-5-8-16/h3-5,7-10H,2,6,11-14H2,1H3,(H,22,25,26). The van der Waals surface area contributed by atoms with Crippen molar-refractivity contribution in [2.24, 2.45) is 0 Å². The fraction of sp³-hybridized carbons (Fsp3) is 0.333. The number of amides is 2. The van der Waals surface area contributed by atoms with Gasteiger partial charge in [-0.3, -0.25) is 14.9 Å². The predicted octanol–water partition coefficient (Wildman–Crippen LogP) is 2.85. The number of hydrogen-bond acceptors (Lipinski definition) is 4. The van der Waals surface area contributed by atoms with Crippen LogP contribution in [0.25, 0.3) is 0 Å². The van der Waals surface area contributed by atoms with Gasteiger partial charge in [0.2, 0.25) is 0 Å². The maximum Gasteiger partial charge on any atom is 0.261 e. The molecule has 0 aromatic heterocycles. The second-order valence-corrected chi connectivity index (χ2v) is 6.84. The van der Waals surface area contributed by atoms with E-state index in [-0.39, 0.29) is 11.8 Å². The Balaban J connectivity index is 1.64. The summed E-state index contributed by atoms with van der Waals surface area (Å²) in [6, 6.07) is 14.2. The van der Waals surface area contributed by atoms with Gasteiger partial charge >= 0.3 is 0 Å². The molecule has 2 aliphatic heterocycles. The van der Waals surface area contributed by atoms with E-state index in [4.69, 9.17) is 0 Å². The number of piperazine rings is 1. The smallest absolute Gasteiger partial charge is 0.261 e. The molecule has 2 aromatic carbocycles. The highest BCUT2D eigenvalue weighted by Crippen LogP contribution is 2.33. The lowest BCUT2D eigenvalue weighted by atomic mass is 9.97. The van der Waals surface area contributed by atoms with Crippen LogP contribution in [0.2, 0.25) is 0 Å². The molecule has 134 valence electrons. The van der Waals surface area contributed by atoms with Crippen LogP contribution in [0.5, 0.6) is 0 Å². The number of aryl methyl sites for hydroxylation is 1. The van der Waals surface area contributed by atoms with Crippen LogP contribution >= 0.6 is 0 Å². The van der Waals surface area contributed by atoms with Crippen LogP contribution in [0.15, 0.2) is 42.5 Å². The first-order valence-corrected chi connectivity index (χ1v) is 9.25. The Morgan fingerprint density at radius 1 is 0.885 bits per heavy atom. The van der Waals surface area contributed by atoms with Gasteiger partial charge < -0.3 is 9.80 Å². The largest absolute Gasteiger partial charge is 0.368 e. The molecule has 26 heavy (non-hydrogen) atoms. The van der Waals surface area contributed by atoms with Gasteiger partial charge in [0.25, 0.3) is 11.8 Å².